The first-order valence-electron chi connectivity index (χ1n) is 7.65. The van der Waals surface area contributed by atoms with Gasteiger partial charge in [-0.25, -0.2) is 13.8 Å². The largest absolute Gasteiger partial charge is 0.331 e. The van der Waals surface area contributed by atoms with Gasteiger partial charge in [0, 0.05) is 31.0 Å². The summed E-state index contributed by atoms with van der Waals surface area (Å²) in [4.78, 5) is 4.13. The smallest absolute Gasteiger partial charge is 0.155 e. The maximum Gasteiger partial charge on any atom is 0.155 e. The van der Waals surface area contributed by atoms with Gasteiger partial charge >= 0.3 is 0 Å². The number of rotatable bonds is 4. The van der Waals surface area contributed by atoms with Crippen molar-refractivity contribution in [3.63, 3.8) is 0 Å². The van der Waals surface area contributed by atoms with Gasteiger partial charge in [0.05, 0.1) is 10.6 Å². The highest BCUT2D eigenvalue weighted by Gasteiger charge is 2.29. The molecular formula is C16H19ClF2N4. The van der Waals surface area contributed by atoms with Crippen molar-refractivity contribution in [3.8, 4) is 11.4 Å². The van der Waals surface area contributed by atoms with E-state index in [9.17, 15) is 8.78 Å². The highest BCUT2D eigenvalue weighted by atomic mass is 35.5. The Labute approximate surface area is 138 Å². The van der Waals surface area contributed by atoms with Gasteiger partial charge in [0.1, 0.15) is 11.6 Å². The van der Waals surface area contributed by atoms with E-state index in [-0.39, 0.29) is 16.4 Å². The minimum Gasteiger partial charge on any atom is -0.331 e. The summed E-state index contributed by atoms with van der Waals surface area (Å²) in [7, 11) is 0. The number of nitrogens with zero attached hydrogens (tertiary/aromatic N) is 2. The van der Waals surface area contributed by atoms with Crippen molar-refractivity contribution < 1.29 is 8.78 Å². The van der Waals surface area contributed by atoms with E-state index in [0.29, 0.717) is 24.5 Å². The summed E-state index contributed by atoms with van der Waals surface area (Å²) in [5.41, 5.74) is 6.24. The van der Waals surface area contributed by atoms with Gasteiger partial charge in [-0.05, 0) is 38.3 Å². The summed E-state index contributed by atoms with van der Waals surface area (Å²) >= 11 is 5.78. The lowest BCUT2D eigenvalue weighted by Gasteiger charge is -2.19. The van der Waals surface area contributed by atoms with Crippen molar-refractivity contribution in [1.29, 1.82) is 0 Å². The van der Waals surface area contributed by atoms with E-state index in [4.69, 9.17) is 11.6 Å². The topological polar surface area (TPSA) is 41.9 Å². The molecule has 2 aromatic rings. The maximum atomic E-state index is 14.2. The molecule has 2 atom stereocenters. The average Bonchev–Trinajstić information content (AvgIpc) is 3.09. The SMILES string of the molecule is CC1NNC(C)C1CCn1ccnc1-c1c(F)ccc(Cl)c1F. The molecule has 3 rings (SSSR count). The Morgan fingerprint density at radius 3 is 2.61 bits per heavy atom. The Bertz CT molecular complexity index is 693. The zero-order chi connectivity index (χ0) is 16.6. The third-order valence-electron chi connectivity index (χ3n) is 4.51. The van der Waals surface area contributed by atoms with Crippen molar-refractivity contribution >= 4 is 11.6 Å². The van der Waals surface area contributed by atoms with Crippen LogP contribution in [0.5, 0.6) is 0 Å². The van der Waals surface area contributed by atoms with Crippen molar-refractivity contribution in [2.75, 3.05) is 0 Å². The fraction of sp³-hybridized carbons (Fsp3) is 0.438. The van der Waals surface area contributed by atoms with Crippen LogP contribution < -0.4 is 10.9 Å². The second kappa shape index (κ2) is 6.55. The monoisotopic (exact) mass is 340 g/mol. The van der Waals surface area contributed by atoms with Crippen LogP contribution in [0, 0.1) is 17.6 Å². The third-order valence-corrected chi connectivity index (χ3v) is 4.80. The Morgan fingerprint density at radius 1 is 1.22 bits per heavy atom. The quantitative estimate of drug-likeness (QED) is 0.838. The van der Waals surface area contributed by atoms with Crippen LogP contribution in [0.4, 0.5) is 8.78 Å². The summed E-state index contributed by atoms with van der Waals surface area (Å²) < 4.78 is 30.1. The van der Waals surface area contributed by atoms with Gasteiger partial charge < -0.3 is 4.57 Å². The van der Waals surface area contributed by atoms with Crippen LogP contribution in [0.3, 0.4) is 0 Å². The van der Waals surface area contributed by atoms with Gasteiger partial charge in [0.15, 0.2) is 5.82 Å². The van der Waals surface area contributed by atoms with Crippen molar-refractivity contribution in [1.82, 2.24) is 20.4 Å². The molecule has 124 valence electrons. The van der Waals surface area contributed by atoms with E-state index in [1.54, 1.807) is 17.0 Å². The highest BCUT2D eigenvalue weighted by molar-refractivity contribution is 6.31. The predicted molar refractivity (Wildman–Crippen MR) is 85.9 cm³/mol. The van der Waals surface area contributed by atoms with E-state index in [2.05, 4.69) is 29.7 Å². The van der Waals surface area contributed by atoms with E-state index in [1.807, 2.05) is 0 Å². The zero-order valence-corrected chi connectivity index (χ0v) is 13.7. The van der Waals surface area contributed by atoms with E-state index in [1.165, 1.54) is 6.07 Å². The number of imidazole rings is 1. The van der Waals surface area contributed by atoms with Crippen LogP contribution in [-0.4, -0.2) is 21.6 Å². The minimum atomic E-state index is -0.773. The maximum absolute atomic E-state index is 14.2. The van der Waals surface area contributed by atoms with Crippen LogP contribution in [-0.2, 0) is 6.54 Å². The first-order valence-corrected chi connectivity index (χ1v) is 8.03. The van der Waals surface area contributed by atoms with E-state index >= 15 is 0 Å². The molecule has 2 N–H and O–H groups in total. The highest BCUT2D eigenvalue weighted by Crippen LogP contribution is 2.30. The van der Waals surface area contributed by atoms with E-state index in [0.717, 1.165) is 12.5 Å². The number of nitrogens with one attached hydrogen (secondary N) is 2. The van der Waals surface area contributed by atoms with Crippen LogP contribution in [0.2, 0.25) is 5.02 Å². The normalized spacial score (nSPS) is 24.3. The summed E-state index contributed by atoms with van der Waals surface area (Å²) in [5, 5.41) is -0.109. The number of benzene rings is 1. The van der Waals surface area contributed by atoms with Crippen LogP contribution in [0.15, 0.2) is 24.5 Å². The molecule has 0 aliphatic carbocycles. The Balaban J connectivity index is 1.85. The molecule has 7 heteroatoms. The van der Waals surface area contributed by atoms with Crippen molar-refractivity contribution in [3.05, 3.63) is 41.2 Å². The lowest BCUT2D eigenvalue weighted by Crippen LogP contribution is -2.30. The molecule has 1 aliphatic heterocycles. The molecular weight excluding hydrogens is 322 g/mol. The zero-order valence-electron chi connectivity index (χ0n) is 13.0. The Morgan fingerprint density at radius 2 is 1.91 bits per heavy atom. The molecule has 1 saturated heterocycles. The summed E-state index contributed by atoms with van der Waals surface area (Å²) in [6.07, 6.45) is 4.16. The van der Waals surface area contributed by atoms with Gasteiger partial charge in [-0.1, -0.05) is 11.6 Å². The number of halogens is 3. The van der Waals surface area contributed by atoms with Crippen LogP contribution >= 0.6 is 11.6 Å². The summed E-state index contributed by atoms with van der Waals surface area (Å²) in [6.45, 7) is 4.86. The van der Waals surface area contributed by atoms with E-state index < -0.39 is 11.6 Å². The lowest BCUT2D eigenvalue weighted by molar-refractivity contribution is 0.388. The van der Waals surface area contributed by atoms with Gasteiger partial charge in [0.25, 0.3) is 0 Å². The molecule has 4 nitrogen and oxygen atoms in total. The Kier molecular flexibility index (Phi) is 4.66. The fourth-order valence-electron chi connectivity index (χ4n) is 3.15. The molecule has 0 bridgehead atoms. The average molecular weight is 341 g/mol. The summed E-state index contributed by atoms with van der Waals surface area (Å²) in [5.74, 6) is -0.739. The summed E-state index contributed by atoms with van der Waals surface area (Å²) in [6, 6.07) is 3.06. The molecule has 1 fully saturated rings. The number of aromatic nitrogens is 2. The predicted octanol–water partition coefficient (Wildman–Crippen LogP) is 3.37. The second-order valence-corrected chi connectivity index (χ2v) is 6.39. The number of aryl methyl sites for hydroxylation is 1. The van der Waals surface area contributed by atoms with Gasteiger partial charge in [-0.2, -0.15) is 0 Å². The molecule has 0 amide bonds. The minimum absolute atomic E-state index is 0.109. The molecule has 0 saturated carbocycles. The molecule has 1 aromatic heterocycles. The molecule has 0 radical (unpaired) electrons. The number of hydrazine groups is 1. The van der Waals surface area contributed by atoms with Gasteiger partial charge in [-0.3, -0.25) is 10.9 Å². The molecule has 23 heavy (non-hydrogen) atoms. The first-order chi connectivity index (χ1) is 11.0. The molecule has 2 unspecified atom stereocenters. The van der Waals surface area contributed by atoms with Crippen molar-refractivity contribution in [2.24, 2.45) is 5.92 Å². The van der Waals surface area contributed by atoms with Crippen LogP contribution in [0.25, 0.3) is 11.4 Å². The molecule has 1 aromatic carbocycles. The van der Waals surface area contributed by atoms with Crippen molar-refractivity contribution in [2.45, 2.75) is 38.9 Å². The number of hydrogen-bond acceptors (Lipinski definition) is 3. The first kappa shape index (κ1) is 16.4. The van der Waals surface area contributed by atoms with Gasteiger partial charge in [-0.15, -0.1) is 0 Å². The number of hydrogen-bond donors (Lipinski definition) is 2. The fourth-order valence-corrected chi connectivity index (χ4v) is 3.31. The third kappa shape index (κ3) is 3.11. The molecule has 1 aliphatic rings. The van der Waals surface area contributed by atoms with Gasteiger partial charge in [0.2, 0.25) is 0 Å². The second-order valence-electron chi connectivity index (χ2n) is 5.98. The Hall–Kier alpha value is -1.50. The lowest BCUT2D eigenvalue weighted by atomic mass is 9.93. The molecule has 2 heterocycles. The standard InChI is InChI=1S/C16H19ClF2N4/c1-9-11(10(2)22-21-9)5-7-23-8-6-20-16(23)14-13(18)4-3-12(17)15(14)19/h3-4,6,8-11,21-22H,5,7H2,1-2H3. The van der Waals surface area contributed by atoms with Crippen LogP contribution in [0.1, 0.15) is 20.3 Å². The molecule has 0 spiro atoms.